The lowest BCUT2D eigenvalue weighted by Crippen LogP contribution is -2.58. The topological polar surface area (TPSA) is 185 Å². The van der Waals surface area contributed by atoms with Gasteiger partial charge < -0.3 is 41.3 Å². The molecule has 6 rings (SSSR count). The van der Waals surface area contributed by atoms with Crippen molar-refractivity contribution in [3.8, 4) is 0 Å². The van der Waals surface area contributed by atoms with Crippen LogP contribution in [-0.4, -0.2) is 114 Å². The fraction of sp³-hybridized carbons (Fsp3) is 0.390. The second kappa shape index (κ2) is 19.4. The molecule has 3 atom stereocenters. The number of fused-ring (bicyclic) bond motifs is 1. The summed E-state index contributed by atoms with van der Waals surface area (Å²) in [6, 6.07) is 18.8. The predicted molar refractivity (Wildman–Crippen MR) is 218 cm³/mol. The molecule has 2 fully saturated rings. The van der Waals surface area contributed by atoms with Crippen LogP contribution in [0, 0.1) is 11.7 Å². The van der Waals surface area contributed by atoms with Crippen LogP contribution >= 0.6 is 11.5 Å². The molecule has 0 aliphatic carbocycles. The van der Waals surface area contributed by atoms with Crippen LogP contribution in [-0.2, 0) is 30.4 Å². The molecule has 2 saturated heterocycles. The Labute approximate surface area is 339 Å². The number of likely N-dealkylation sites (tertiary alicyclic amines) is 1. The highest BCUT2D eigenvalue weighted by molar-refractivity contribution is 7.13. The minimum absolute atomic E-state index is 0.0871. The van der Waals surface area contributed by atoms with Gasteiger partial charge in [-0.05, 0) is 66.2 Å². The largest absolute Gasteiger partial charge is 0.352 e. The number of carbonyl (C=O) groups is 6. The van der Waals surface area contributed by atoms with Crippen LogP contribution in [0.5, 0.6) is 0 Å². The van der Waals surface area contributed by atoms with E-state index in [1.165, 1.54) is 29.7 Å². The maximum absolute atomic E-state index is 14.0. The van der Waals surface area contributed by atoms with E-state index in [4.69, 9.17) is 0 Å². The summed E-state index contributed by atoms with van der Waals surface area (Å²) < 4.78 is 19.2. The number of hydrogen-bond donors (Lipinski definition) is 5. The van der Waals surface area contributed by atoms with Crippen LogP contribution in [0.2, 0.25) is 0 Å². The van der Waals surface area contributed by atoms with E-state index in [1.807, 2.05) is 29.2 Å². The van der Waals surface area contributed by atoms with Gasteiger partial charge in [0.25, 0.3) is 0 Å². The van der Waals surface area contributed by atoms with Crippen molar-refractivity contribution < 1.29 is 33.2 Å². The van der Waals surface area contributed by atoms with Crippen molar-refractivity contribution in [1.82, 2.24) is 35.4 Å². The van der Waals surface area contributed by atoms with Crippen molar-refractivity contribution in [3.63, 3.8) is 0 Å². The number of halogens is 1. The molecule has 1 aromatic heterocycles. The molecule has 0 bridgehead atoms. The summed E-state index contributed by atoms with van der Waals surface area (Å²) in [4.78, 5) is 85.2. The van der Waals surface area contributed by atoms with Gasteiger partial charge >= 0.3 is 6.03 Å². The van der Waals surface area contributed by atoms with Gasteiger partial charge in [0, 0.05) is 50.2 Å². The first-order valence-corrected chi connectivity index (χ1v) is 20.1. The summed E-state index contributed by atoms with van der Waals surface area (Å²) in [5.74, 6) is -2.36. The average Bonchev–Trinajstić information content (AvgIpc) is 3.89. The quantitative estimate of drug-likeness (QED) is 0.129. The third-order valence-electron chi connectivity index (χ3n) is 10.2. The lowest BCUT2D eigenvalue weighted by molar-refractivity contribution is -0.146. The second-order valence-corrected chi connectivity index (χ2v) is 15.4. The highest BCUT2D eigenvalue weighted by atomic mass is 32.1. The van der Waals surface area contributed by atoms with Gasteiger partial charge in [-0.3, -0.25) is 24.0 Å². The summed E-state index contributed by atoms with van der Waals surface area (Å²) in [6.45, 7) is 5.27. The number of amides is 7. The van der Waals surface area contributed by atoms with Crippen molar-refractivity contribution in [2.75, 3.05) is 56.0 Å². The van der Waals surface area contributed by atoms with Crippen LogP contribution in [0.25, 0.3) is 10.1 Å². The van der Waals surface area contributed by atoms with Crippen molar-refractivity contribution in [2.24, 2.45) is 5.92 Å². The van der Waals surface area contributed by atoms with Gasteiger partial charge in [0.1, 0.15) is 29.8 Å². The Morgan fingerprint density at radius 1 is 0.828 bits per heavy atom. The minimum Gasteiger partial charge on any atom is -0.352 e. The van der Waals surface area contributed by atoms with Gasteiger partial charge in [0.2, 0.25) is 29.5 Å². The number of benzene rings is 3. The normalized spacial score (nSPS) is 16.4. The highest BCUT2D eigenvalue weighted by Crippen LogP contribution is 2.30. The molecule has 3 aromatic carbocycles. The van der Waals surface area contributed by atoms with Gasteiger partial charge in [-0.2, -0.15) is 4.37 Å². The molecule has 0 saturated carbocycles. The Bertz CT molecular complexity index is 2110. The third kappa shape index (κ3) is 10.6. The van der Waals surface area contributed by atoms with Crippen molar-refractivity contribution in [3.05, 3.63) is 90.2 Å². The van der Waals surface area contributed by atoms with Crippen LogP contribution in [0.15, 0.2) is 78.9 Å². The molecule has 3 heterocycles. The van der Waals surface area contributed by atoms with Gasteiger partial charge in [0.05, 0.1) is 17.8 Å². The van der Waals surface area contributed by atoms with Crippen molar-refractivity contribution >= 4 is 68.7 Å². The fourth-order valence-electron chi connectivity index (χ4n) is 7.15. The zero-order valence-corrected chi connectivity index (χ0v) is 33.2. The lowest BCUT2D eigenvalue weighted by Gasteiger charge is -2.38. The van der Waals surface area contributed by atoms with Crippen LogP contribution in [0.3, 0.4) is 0 Å². The third-order valence-corrected chi connectivity index (χ3v) is 11.0. The number of aromatic nitrogens is 1. The Morgan fingerprint density at radius 3 is 2.28 bits per heavy atom. The summed E-state index contributed by atoms with van der Waals surface area (Å²) in [7, 11) is 0. The molecule has 15 nitrogen and oxygen atoms in total. The average molecular weight is 814 g/mol. The Hall–Kier alpha value is -6.10. The van der Waals surface area contributed by atoms with E-state index in [1.54, 1.807) is 43.0 Å². The van der Waals surface area contributed by atoms with Gasteiger partial charge in [-0.15, -0.1) is 0 Å². The Morgan fingerprint density at radius 2 is 1.53 bits per heavy atom. The number of hydrogen-bond acceptors (Lipinski definition) is 9. The summed E-state index contributed by atoms with van der Waals surface area (Å²) >= 11 is 1.45. The van der Waals surface area contributed by atoms with E-state index in [0.717, 1.165) is 27.5 Å². The Balaban J connectivity index is 1.01. The summed E-state index contributed by atoms with van der Waals surface area (Å²) in [5.41, 5.74) is 0.929. The zero-order chi connectivity index (χ0) is 41.2. The fourth-order valence-corrected chi connectivity index (χ4v) is 7.95. The minimum atomic E-state index is -1.11. The molecule has 0 radical (unpaired) electrons. The first kappa shape index (κ1) is 41.5. The number of anilines is 2. The molecule has 0 spiro atoms. The van der Waals surface area contributed by atoms with Gasteiger partial charge in [-0.25, -0.2) is 9.18 Å². The van der Waals surface area contributed by atoms with Crippen molar-refractivity contribution in [2.45, 2.75) is 51.2 Å². The first-order chi connectivity index (χ1) is 28.0. The van der Waals surface area contributed by atoms with E-state index in [0.29, 0.717) is 45.6 Å². The molecule has 5 N–H and O–H groups in total. The number of piperazine rings is 1. The number of nitrogens with one attached hydrogen (secondary N) is 5. The van der Waals surface area contributed by atoms with E-state index in [2.05, 4.69) is 41.9 Å². The van der Waals surface area contributed by atoms with Gasteiger partial charge in [0.15, 0.2) is 0 Å². The molecular weight excluding hydrogens is 766 g/mol. The van der Waals surface area contributed by atoms with E-state index >= 15 is 0 Å². The number of urea groups is 1. The molecule has 2 aliphatic heterocycles. The SMILES string of the molecule is CC(C)[C@H](NC(=O)CNC(=O)[C@H](Cc1ccccc1)NC(=O)CNC(=O)Nc1cccc(F)c1)C(=O)N1CCC[C@H]1C(=O)N1CCN(c2nsc3ccccc23)CC1. The zero-order valence-electron chi connectivity index (χ0n) is 32.4. The van der Waals surface area contributed by atoms with E-state index in [9.17, 15) is 33.2 Å². The number of nitrogens with zero attached hydrogens (tertiary/aromatic N) is 4. The molecular formula is C41H48FN9O6S. The second-order valence-electron chi connectivity index (χ2n) is 14.6. The smallest absolute Gasteiger partial charge is 0.319 e. The molecule has 0 unspecified atom stereocenters. The number of rotatable bonds is 14. The van der Waals surface area contributed by atoms with Crippen LogP contribution < -0.4 is 31.5 Å². The molecule has 17 heteroatoms. The summed E-state index contributed by atoms with van der Waals surface area (Å²) in [6.07, 6.45) is 1.27. The molecule has 58 heavy (non-hydrogen) atoms. The Kier molecular flexibility index (Phi) is 13.9. The van der Waals surface area contributed by atoms with Crippen LogP contribution in [0.4, 0.5) is 20.7 Å². The first-order valence-electron chi connectivity index (χ1n) is 19.4. The van der Waals surface area contributed by atoms with E-state index in [-0.39, 0.29) is 29.8 Å². The van der Waals surface area contributed by atoms with Crippen molar-refractivity contribution in [1.29, 1.82) is 0 Å². The highest BCUT2D eigenvalue weighted by Gasteiger charge is 2.41. The standard InChI is InChI=1S/C41H48FN9O6S/c1-26(2)36(40(56)51-17-9-15-32(51)39(55)50-20-18-49(19-21-50)37-30-14-6-7-16-33(30)58-48-37)47-35(53)24-43-38(54)31(22-27-10-4-3-5-11-27)46-34(52)25-44-41(57)45-29-13-8-12-28(42)23-29/h3-8,10-14,16,23,26,31-32,36H,9,15,17-22,24-25H2,1-2H3,(H,43,54)(H,46,52)(H,47,53)(H2,44,45,57)/t31-,32-,36-/m0/s1. The molecule has 2 aliphatic rings. The van der Waals surface area contributed by atoms with Crippen LogP contribution in [0.1, 0.15) is 32.3 Å². The monoisotopic (exact) mass is 813 g/mol. The number of carbonyl (C=O) groups excluding carboxylic acids is 6. The maximum atomic E-state index is 14.0. The molecule has 7 amide bonds. The summed E-state index contributed by atoms with van der Waals surface area (Å²) in [5, 5.41) is 13.8. The maximum Gasteiger partial charge on any atom is 0.319 e. The lowest BCUT2D eigenvalue weighted by atomic mass is 10.0. The van der Waals surface area contributed by atoms with Gasteiger partial charge in [-0.1, -0.05) is 62.4 Å². The molecule has 4 aromatic rings. The predicted octanol–water partition coefficient (Wildman–Crippen LogP) is 2.88. The molecule has 306 valence electrons. The van der Waals surface area contributed by atoms with E-state index < -0.39 is 60.8 Å².